The van der Waals surface area contributed by atoms with Gasteiger partial charge in [-0.1, -0.05) is 11.6 Å². The predicted molar refractivity (Wildman–Crippen MR) is 71.5 cm³/mol. The zero-order chi connectivity index (χ0) is 14.3. The monoisotopic (exact) mass is 276 g/mol. The maximum absolute atomic E-state index is 12.3. The highest BCUT2D eigenvalue weighted by molar-refractivity contribution is 6.31. The maximum atomic E-state index is 12.3. The number of pyridine rings is 1. The molecular weight excluding hydrogens is 264 g/mol. The SMILES string of the molecule is Cc1cc(Cl)c(C)[n+]([O-])c1-c1nn(C)c(C#N)c1C. The molecule has 0 aliphatic rings. The number of rotatable bonds is 1. The Bertz CT molecular complexity index is 713. The molecule has 0 radical (unpaired) electrons. The molecule has 6 heteroatoms. The molecule has 0 unspecified atom stereocenters. The lowest BCUT2D eigenvalue weighted by Crippen LogP contribution is -2.34. The summed E-state index contributed by atoms with van der Waals surface area (Å²) in [6.07, 6.45) is 0. The van der Waals surface area contributed by atoms with Crippen LogP contribution in [0.1, 0.15) is 22.5 Å². The molecule has 98 valence electrons. The van der Waals surface area contributed by atoms with E-state index in [0.717, 1.165) is 10.3 Å². The molecule has 0 atom stereocenters. The van der Waals surface area contributed by atoms with E-state index in [1.807, 2.05) is 0 Å². The summed E-state index contributed by atoms with van der Waals surface area (Å²) in [5, 5.41) is 26.0. The Hall–Kier alpha value is -2.06. The van der Waals surface area contributed by atoms with Gasteiger partial charge in [-0.25, -0.2) is 0 Å². The number of halogens is 1. The van der Waals surface area contributed by atoms with Crippen LogP contribution in [0.25, 0.3) is 11.4 Å². The molecule has 0 fully saturated rings. The van der Waals surface area contributed by atoms with E-state index in [9.17, 15) is 5.21 Å². The second kappa shape index (κ2) is 4.56. The van der Waals surface area contributed by atoms with E-state index in [1.54, 1.807) is 33.9 Å². The van der Waals surface area contributed by atoms with Gasteiger partial charge in [0.15, 0.2) is 5.69 Å². The van der Waals surface area contributed by atoms with Crippen molar-refractivity contribution in [2.24, 2.45) is 7.05 Å². The van der Waals surface area contributed by atoms with Crippen molar-refractivity contribution in [2.45, 2.75) is 20.8 Å². The van der Waals surface area contributed by atoms with Gasteiger partial charge in [0.1, 0.15) is 16.8 Å². The summed E-state index contributed by atoms with van der Waals surface area (Å²) in [4.78, 5) is 0. The summed E-state index contributed by atoms with van der Waals surface area (Å²) in [7, 11) is 1.68. The highest BCUT2D eigenvalue weighted by atomic mass is 35.5. The Labute approximate surface area is 116 Å². The predicted octanol–water partition coefficient (Wildman–Crippen LogP) is 2.17. The minimum Gasteiger partial charge on any atom is -0.618 e. The second-order valence-electron chi connectivity index (χ2n) is 4.46. The number of aromatic nitrogens is 3. The number of hydrogen-bond donors (Lipinski definition) is 0. The molecule has 0 saturated heterocycles. The summed E-state index contributed by atoms with van der Waals surface area (Å²) in [5.74, 6) is 0. The van der Waals surface area contributed by atoms with E-state index >= 15 is 0 Å². The van der Waals surface area contributed by atoms with E-state index in [-0.39, 0.29) is 0 Å². The standard InChI is InChI=1S/C13H13ClN4O/c1-7-5-10(14)9(3)18(19)13(7)12-8(2)11(6-15)17(4)16-12/h5H,1-4H3. The third-order valence-corrected chi connectivity index (χ3v) is 3.57. The normalized spacial score (nSPS) is 10.5. The lowest BCUT2D eigenvalue weighted by molar-refractivity contribution is -0.601. The van der Waals surface area contributed by atoms with Gasteiger partial charge in [0, 0.05) is 25.1 Å². The van der Waals surface area contributed by atoms with Gasteiger partial charge in [0.05, 0.1) is 0 Å². The van der Waals surface area contributed by atoms with Crippen molar-refractivity contribution < 1.29 is 4.73 Å². The van der Waals surface area contributed by atoms with E-state index in [0.29, 0.717) is 33.4 Å². The maximum Gasteiger partial charge on any atom is 0.247 e. The Kier molecular flexibility index (Phi) is 3.21. The number of hydrogen-bond acceptors (Lipinski definition) is 3. The average molecular weight is 277 g/mol. The van der Waals surface area contributed by atoms with Gasteiger partial charge < -0.3 is 5.21 Å². The molecule has 0 bridgehead atoms. The second-order valence-corrected chi connectivity index (χ2v) is 4.87. The number of nitrogens with zero attached hydrogens (tertiary/aromatic N) is 4. The van der Waals surface area contributed by atoms with E-state index < -0.39 is 0 Å². The Morgan fingerprint density at radius 1 is 1.42 bits per heavy atom. The van der Waals surface area contributed by atoms with Gasteiger partial charge in [-0.15, -0.1) is 0 Å². The summed E-state index contributed by atoms with van der Waals surface area (Å²) in [6.45, 7) is 5.24. The molecule has 0 aromatic carbocycles. The van der Waals surface area contributed by atoms with Crippen LogP contribution in [-0.2, 0) is 7.05 Å². The highest BCUT2D eigenvalue weighted by Crippen LogP contribution is 2.26. The van der Waals surface area contributed by atoms with Gasteiger partial charge >= 0.3 is 0 Å². The van der Waals surface area contributed by atoms with Crippen molar-refractivity contribution in [1.29, 1.82) is 5.26 Å². The first-order valence-electron chi connectivity index (χ1n) is 5.71. The number of aryl methyl sites for hydroxylation is 2. The Morgan fingerprint density at radius 2 is 2.05 bits per heavy atom. The fraction of sp³-hybridized carbons (Fsp3) is 0.308. The van der Waals surface area contributed by atoms with Crippen molar-refractivity contribution in [1.82, 2.24) is 9.78 Å². The van der Waals surface area contributed by atoms with Crippen LogP contribution < -0.4 is 4.73 Å². The van der Waals surface area contributed by atoms with Gasteiger partial charge in [-0.3, -0.25) is 4.68 Å². The molecule has 0 aliphatic heterocycles. The van der Waals surface area contributed by atoms with Crippen LogP contribution in [-0.4, -0.2) is 9.78 Å². The van der Waals surface area contributed by atoms with Crippen molar-refractivity contribution in [3.8, 4) is 17.5 Å². The summed E-state index contributed by atoms with van der Waals surface area (Å²) in [6, 6.07) is 3.82. The van der Waals surface area contributed by atoms with Gasteiger partial charge in [-0.2, -0.15) is 15.1 Å². The van der Waals surface area contributed by atoms with Gasteiger partial charge in [-0.05, 0) is 19.9 Å². The lowest BCUT2D eigenvalue weighted by atomic mass is 10.1. The minimum atomic E-state index is 0.422. The molecular formula is C13H13ClN4O. The molecule has 0 spiro atoms. The van der Waals surface area contributed by atoms with Crippen LogP contribution in [0.15, 0.2) is 6.07 Å². The molecule has 2 rings (SSSR count). The van der Waals surface area contributed by atoms with E-state index in [2.05, 4.69) is 11.2 Å². The third-order valence-electron chi connectivity index (χ3n) is 3.18. The number of nitriles is 1. The van der Waals surface area contributed by atoms with Crippen molar-refractivity contribution in [3.63, 3.8) is 0 Å². The van der Waals surface area contributed by atoms with Crippen LogP contribution >= 0.6 is 11.6 Å². The molecule has 5 nitrogen and oxygen atoms in total. The van der Waals surface area contributed by atoms with Crippen LogP contribution in [0, 0.1) is 37.3 Å². The average Bonchev–Trinajstić information content (AvgIpc) is 2.62. The molecule has 0 aliphatic carbocycles. The molecule has 0 N–H and O–H groups in total. The third kappa shape index (κ3) is 1.94. The topological polar surface area (TPSA) is 68.5 Å². The van der Waals surface area contributed by atoms with Crippen LogP contribution in [0.2, 0.25) is 5.02 Å². The quantitative estimate of drug-likeness (QED) is 0.592. The summed E-state index contributed by atoms with van der Waals surface area (Å²) in [5.41, 5.74) is 3.26. The van der Waals surface area contributed by atoms with Gasteiger partial charge in [0.25, 0.3) is 0 Å². The Morgan fingerprint density at radius 3 is 2.58 bits per heavy atom. The van der Waals surface area contributed by atoms with E-state index in [1.165, 1.54) is 4.68 Å². The molecule has 0 saturated carbocycles. The smallest absolute Gasteiger partial charge is 0.247 e. The fourth-order valence-electron chi connectivity index (χ4n) is 2.08. The summed E-state index contributed by atoms with van der Waals surface area (Å²) >= 11 is 5.98. The van der Waals surface area contributed by atoms with Crippen LogP contribution in [0.4, 0.5) is 0 Å². The van der Waals surface area contributed by atoms with Crippen LogP contribution in [0.5, 0.6) is 0 Å². The Balaban J connectivity index is 2.81. The molecule has 19 heavy (non-hydrogen) atoms. The summed E-state index contributed by atoms with van der Waals surface area (Å²) < 4.78 is 2.25. The fourth-order valence-corrected chi connectivity index (χ4v) is 2.32. The molecule has 0 amide bonds. The van der Waals surface area contributed by atoms with Crippen molar-refractivity contribution >= 4 is 11.6 Å². The largest absolute Gasteiger partial charge is 0.618 e. The molecule has 2 aromatic heterocycles. The zero-order valence-electron chi connectivity index (χ0n) is 11.2. The van der Waals surface area contributed by atoms with Gasteiger partial charge in [0.2, 0.25) is 11.4 Å². The van der Waals surface area contributed by atoms with Crippen molar-refractivity contribution in [2.75, 3.05) is 0 Å². The molecule has 2 heterocycles. The first-order chi connectivity index (χ1) is 8.88. The minimum absolute atomic E-state index is 0.422. The molecule has 2 aromatic rings. The lowest BCUT2D eigenvalue weighted by Gasteiger charge is -2.10. The first kappa shape index (κ1) is 13.4. The van der Waals surface area contributed by atoms with Crippen LogP contribution in [0.3, 0.4) is 0 Å². The van der Waals surface area contributed by atoms with Crippen molar-refractivity contribution in [3.05, 3.63) is 38.8 Å². The zero-order valence-corrected chi connectivity index (χ0v) is 11.9. The van der Waals surface area contributed by atoms with E-state index in [4.69, 9.17) is 16.9 Å². The highest BCUT2D eigenvalue weighted by Gasteiger charge is 2.24. The first-order valence-corrected chi connectivity index (χ1v) is 6.09.